The molecule has 0 radical (unpaired) electrons. The number of amidine groups is 1. The second-order valence-electron chi connectivity index (χ2n) is 8.25. The molecule has 0 spiro atoms. The van der Waals surface area contributed by atoms with E-state index >= 15 is 0 Å². The average Bonchev–Trinajstić information content (AvgIpc) is 2.80. The van der Waals surface area contributed by atoms with Crippen molar-refractivity contribution in [2.24, 2.45) is 21.6 Å². The van der Waals surface area contributed by atoms with Crippen LogP contribution in [-0.4, -0.2) is 42.6 Å². The van der Waals surface area contributed by atoms with Gasteiger partial charge in [-0.15, -0.1) is 0 Å². The molecule has 0 aromatic heterocycles. The van der Waals surface area contributed by atoms with Crippen molar-refractivity contribution >= 4 is 36.0 Å². The van der Waals surface area contributed by atoms with Gasteiger partial charge in [0.15, 0.2) is 0 Å². The van der Waals surface area contributed by atoms with Crippen molar-refractivity contribution in [1.82, 2.24) is 5.32 Å². The second kappa shape index (κ2) is 11.6. The third-order valence-corrected chi connectivity index (χ3v) is 6.32. The van der Waals surface area contributed by atoms with Gasteiger partial charge < -0.3 is 20.6 Å². The molecule has 1 amide bonds. The molecule has 1 aromatic carbocycles. The molecule has 32 heavy (non-hydrogen) atoms. The minimum absolute atomic E-state index is 0.0101. The molecule has 3 rings (SSSR count). The largest absolute Gasteiger partial charge is 0.490 e. The first-order valence-corrected chi connectivity index (χ1v) is 11.3. The van der Waals surface area contributed by atoms with Crippen molar-refractivity contribution < 1.29 is 14.3 Å². The average molecular weight is 458 g/mol. The molecule has 0 heterocycles. The summed E-state index contributed by atoms with van der Waals surface area (Å²) in [5, 5.41) is 12.4. The zero-order valence-electron chi connectivity index (χ0n) is 17.9. The van der Waals surface area contributed by atoms with Gasteiger partial charge in [0, 0.05) is 18.0 Å². The number of nitrogens with zero attached hydrogens (tertiary/aromatic N) is 3. The summed E-state index contributed by atoms with van der Waals surface area (Å²) in [6.45, 7) is 0. The van der Waals surface area contributed by atoms with Gasteiger partial charge in [-0.3, -0.25) is 9.79 Å². The zero-order chi connectivity index (χ0) is 22.9. The summed E-state index contributed by atoms with van der Waals surface area (Å²) in [6.07, 6.45) is 8.32. The number of benzene rings is 1. The number of nitrogens with one attached hydrogen (secondary N) is 1. The van der Waals surface area contributed by atoms with E-state index in [1.54, 1.807) is 18.2 Å². The molecule has 2 saturated carbocycles. The lowest BCUT2D eigenvalue weighted by molar-refractivity contribution is -0.116. The molecule has 2 fully saturated rings. The van der Waals surface area contributed by atoms with Crippen molar-refractivity contribution in [2.45, 2.75) is 69.6 Å². The number of nitriles is 1. The molecule has 1 aromatic rings. The van der Waals surface area contributed by atoms with Crippen LogP contribution in [0.5, 0.6) is 5.75 Å². The quantitative estimate of drug-likeness (QED) is 0.398. The van der Waals surface area contributed by atoms with Crippen LogP contribution in [0.2, 0.25) is 5.02 Å². The summed E-state index contributed by atoms with van der Waals surface area (Å²) in [7, 11) is 0. The van der Waals surface area contributed by atoms with Crippen LogP contribution in [0.1, 0.15) is 56.9 Å². The summed E-state index contributed by atoms with van der Waals surface area (Å²) in [4.78, 5) is 32.1. The Morgan fingerprint density at radius 1 is 1.19 bits per heavy atom. The van der Waals surface area contributed by atoms with E-state index in [1.165, 1.54) is 0 Å². The van der Waals surface area contributed by atoms with Gasteiger partial charge in [0.05, 0.1) is 29.1 Å². The Morgan fingerprint density at radius 2 is 1.91 bits per heavy atom. The van der Waals surface area contributed by atoms with Crippen LogP contribution in [0, 0.1) is 17.2 Å². The van der Waals surface area contributed by atoms with E-state index in [0.717, 1.165) is 64.0 Å². The molecular formula is C23H28ClN5O3. The fourth-order valence-corrected chi connectivity index (χ4v) is 4.40. The van der Waals surface area contributed by atoms with E-state index in [2.05, 4.69) is 15.3 Å². The highest BCUT2D eigenvalue weighted by atomic mass is 35.5. The third kappa shape index (κ3) is 6.54. The van der Waals surface area contributed by atoms with Crippen molar-refractivity contribution in [2.75, 3.05) is 0 Å². The Hall–Kier alpha value is -2.92. The lowest BCUT2D eigenvalue weighted by atomic mass is 9.87. The van der Waals surface area contributed by atoms with Gasteiger partial charge in [0.25, 0.3) is 5.91 Å². The number of aliphatic imine (C=N–C) groups is 2. The van der Waals surface area contributed by atoms with Crippen molar-refractivity contribution in [3.63, 3.8) is 0 Å². The molecule has 2 aliphatic rings. The molecule has 0 atom stereocenters. The number of rotatable bonds is 5. The summed E-state index contributed by atoms with van der Waals surface area (Å²) in [5.74, 6) is 0.493. The van der Waals surface area contributed by atoms with Gasteiger partial charge in [-0.25, -0.2) is 4.99 Å². The SMILES string of the molecule is N#Cc1ccc(OC2CCC(NC(=O)C(N=CN)=NC3CCC(C=O)CC3)CC2)cc1Cl. The van der Waals surface area contributed by atoms with Crippen LogP contribution in [0.4, 0.5) is 0 Å². The molecule has 3 N–H and O–H groups in total. The van der Waals surface area contributed by atoms with Crippen LogP contribution < -0.4 is 15.8 Å². The standard InChI is InChI=1S/C23H28ClN5O3/c24-21-11-20(8-3-16(21)12-25)32-19-9-6-18(7-10-19)29-23(31)22(27-14-26)28-17-4-1-15(13-30)2-5-17/h3,8,11,13-15,17-19H,1-2,4-7,9-10H2,(H,29,31)(H2,26,27,28). The number of ether oxygens (including phenoxy) is 1. The van der Waals surface area contributed by atoms with Crippen LogP contribution in [0.15, 0.2) is 28.2 Å². The minimum atomic E-state index is -0.326. The molecular weight excluding hydrogens is 430 g/mol. The number of carbonyl (C=O) groups excluding carboxylic acids is 2. The van der Waals surface area contributed by atoms with Gasteiger partial charge in [-0.2, -0.15) is 5.26 Å². The highest BCUT2D eigenvalue weighted by molar-refractivity contribution is 6.39. The summed E-state index contributed by atoms with van der Waals surface area (Å²) >= 11 is 6.07. The van der Waals surface area contributed by atoms with E-state index in [9.17, 15) is 9.59 Å². The summed E-state index contributed by atoms with van der Waals surface area (Å²) in [5.41, 5.74) is 5.84. The highest BCUT2D eigenvalue weighted by Crippen LogP contribution is 2.28. The van der Waals surface area contributed by atoms with Gasteiger partial charge in [0.2, 0.25) is 5.84 Å². The number of nitrogens with two attached hydrogens (primary N) is 1. The minimum Gasteiger partial charge on any atom is -0.490 e. The maximum atomic E-state index is 12.7. The molecule has 170 valence electrons. The molecule has 8 nitrogen and oxygen atoms in total. The van der Waals surface area contributed by atoms with Gasteiger partial charge in [-0.05, 0) is 63.5 Å². The number of hydrogen-bond acceptors (Lipinski definition) is 5. The summed E-state index contributed by atoms with van der Waals surface area (Å²) in [6, 6.07) is 7.07. The Labute approximate surface area is 192 Å². The van der Waals surface area contributed by atoms with E-state index in [4.69, 9.17) is 27.3 Å². The monoisotopic (exact) mass is 457 g/mol. The normalized spacial score (nSPS) is 26.3. The van der Waals surface area contributed by atoms with Crippen molar-refractivity contribution in [1.29, 1.82) is 5.26 Å². The lowest BCUT2D eigenvalue weighted by Gasteiger charge is -2.29. The second-order valence-corrected chi connectivity index (χ2v) is 8.66. The predicted molar refractivity (Wildman–Crippen MR) is 123 cm³/mol. The van der Waals surface area contributed by atoms with Crippen LogP contribution in [-0.2, 0) is 9.59 Å². The highest BCUT2D eigenvalue weighted by Gasteiger charge is 2.26. The first kappa shape index (κ1) is 23.7. The number of halogens is 1. The maximum absolute atomic E-state index is 12.7. The van der Waals surface area contributed by atoms with Crippen LogP contribution in [0.3, 0.4) is 0 Å². The van der Waals surface area contributed by atoms with E-state index in [1.807, 2.05) is 6.07 Å². The number of carbonyl (C=O) groups is 2. The van der Waals surface area contributed by atoms with Crippen molar-refractivity contribution in [3.8, 4) is 11.8 Å². The number of aldehydes is 1. The summed E-state index contributed by atoms with van der Waals surface area (Å²) < 4.78 is 6.00. The van der Waals surface area contributed by atoms with E-state index < -0.39 is 0 Å². The first-order valence-electron chi connectivity index (χ1n) is 11.0. The Balaban J connectivity index is 1.50. The fourth-order valence-electron chi connectivity index (χ4n) is 4.19. The molecule has 0 bridgehead atoms. The Morgan fingerprint density at radius 3 is 2.50 bits per heavy atom. The van der Waals surface area contributed by atoms with Gasteiger partial charge in [-0.1, -0.05) is 11.6 Å². The van der Waals surface area contributed by atoms with Gasteiger partial charge in [0.1, 0.15) is 18.1 Å². The number of hydrogen-bond donors (Lipinski definition) is 2. The predicted octanol–water partition coefficient (Wildman–Crippen LogP) is 3.16. The molecule has 9 heteroatoms. The zero-order valence-corrected chi connectivity index (χ0v) is 18.6. The van der Waals surface area contributed by atoms with E-state index in [-0.39, 0.29) is 35.8 Å². The van der Waals surface area contributed by atoms with Gasteiger partial charge >= 0.3 is 0 Å². The number of amides is 1. The van der Waals surface area contributed by atoms with Crippen molar-refractivity contribution in [3.05, 3.63) is 28.8 Å². The maximum Gasteiger partial charge on any atom is 0.288 e. The third-order valence-electron chi connectivity index (χ3n) is 6.01. The molecule has 0 unspecified atom stereocenters. The molecule has 0 aliphatic heterocycles. The van der Waals surface area contributed by atoms with E-state index in [0.29, 0.717) is 16.3 Å². The van der Waals surface area contributed by atoms with Crippen LogP contribution in [0.25, 0.3) is 0 Å². The topological polar surface area (TPSA) is 130 Å². The lowest BCUT2D eigenvalue weighted by Crippen LogP contribution is -2.42. The van der Waals surface area contributed by atoms with Crippen LogP contribution >= 0.6 is 11.6 Å². The smallest absolute Gasteiger partial charge is 0.288 e. The Bertz CT molecular complexity index is 911. The first-order chi connectivity index (χ1) is 15.5. The molecule has 2 aliphatic carbocycles. The fraction of sp³-hybridized carbons (Fsp3) is 0.522. The molecule has 0 saturated heterocycles. The Kier molecular flexibility index (Phi) is 8.63.